The molecule has 0 atom stereocenters. The van der Waals surface area contributed by atoms with E-state index in [0.29, 0.717) is 0 Å². The molecule has 4 aromatic rings. The minimum atomic E-state index is 0.729. The fraction of sp³-hybridized carbons (Fsp3) is 0.190. The van der Waals surface area contributed by atoms with Crippen LogP contribution in [0, 0.1) is 13.8 Å². The van der Waals surface area contributed by atoms with E-state index in [1.165, 1.54) is 11.1 Å². The van der Waals surface area contributed by atoms with Crippen LogP contribution in [-0.4, -0.2) is 19.5 Å². The smallest absolute Gasteiger partial charge is 0.148 e. The van der Waals surface area contributed by atoms with Crippen molar-refractivity contribution in [3.05, 3.63) is 83.6 Å². The zero-order valence-corrected chi connectivity index (χ0v) is 15.0. The number of anilines is 1. The number of nitrogens with zero attached hydrogens (tertiary/aromatic N) is 4. The maximum Gasteiger partial charge on any atom is 0.148 e. The van der Waals surface area contributed by atoms with Crippen molar-refractivity contribution >= 4 is 16.9 Å². The Morgan fingerprint density at radius 2 is 1.69 bits per heavy atom. The highest BCUT2D eigenvalue weighted by atomic mass is 15.0. The molecule has 1 N–H and O–H groups in total. The zero-order valence-electron chi connectivity index (χ0n) is 15.0. The molecule has 2 aromatic carbocycles. The summed E-state index contributed by atoms with van der Waals surface area (Å²) in [4.78, 5) is 13.3. The van der Waals surface area contributed by atoms with Gasteiger partial charge in [0.15, 0.2) is 0 Å². The number of para-hydroxylation sites is 2. The van der Waals surface area contributed by atoms with Crippen LogP contribution in [0.2, 0.25) is 0 Å². The molecule has 0 aliphatic heterocycles. The Balaban J connectivity index is 1.44. The average Bonchev–Trinajstić information content (AvgIpc) is 3.07. The number of rotatable bonds is 5. The van der Waals surface area contributed by atoms with Crippen LogP contribution in [0.4, 0.5) is 5.82 Å². The molecule has 130 valence electrons. The van der Waals surface area contributed by atoms with Gasteiger partial charge in [-0.15, -0.1) is 0 Å². The molecule has 0 unspecified atom stereocenters. The van der Waals surface area contributed by atoms with Crippen LogP contribution in [0.5, 0.6) is 0 Å². The lowest BCUT2D eigenvalue weighted by atomic mass is 10.1. The van der Waals surface area contributed by atoms with Crippen LogP contribution in [-0.2, 0) is 13.1 Å². The summed E-state index contributed by atoms with van der Waals surface area (Å²) in [5.74, 6) is 0.846. The van der Waals surface area contributed by atoms with Gasteiger partial charge in [0.1, 0.15) is 5.82 Å². The first kappa shape index (κ1) is 16.3. The SMILES string of the molecule is Cc1cnc(C)c(NCc2ccc(Cn3cnc4ccccc43)cc2)n1. The fourth-order valence-corrected chi connectivity index (χ4v) is 2.99. The van der Waals surface area contributed by atoms with E-state index in [1.807, 2.05) is 38.4 Å². The van der Waals surface area contributed by atoms with Gasteiger partial charge in [0, 0.05) is 19.3 Å². The van der Waals surface area contributed by atoms with E-state index >= 15 is 0 Å². The molecule has 2 heterocycles. The molecule has 2 aromatic heterocycles. The highest BCUT2D eigenvalue weighted by Crippen LogP contribution is 2.15. The third-order valence-electron chi connectivity index (χ3n) is 4.44. The van der Waals surface area contributed by atoms with E-state index < -0.39 is 0 Å². The summed E-state index contributed by atoms with van der Waals surface area (Å²) in [7, 11) is 0. The van der Waals surface area contributed by atoms with Gasteiger partial charge in [-0.25, -0.2) is 9.97 Å². The monoisotopic (exact) mass is 343 g/mol. The number of aromatic nitrogens is 4. The lowest BCUT2D eigenvalue weighted by Crippen LogP contribution is -2.05. The van der Waals surface area contributed by atoms with E-state index in [-0.39, 0.29) is 0 Å². The van der Waals surface area contributed by atoms with Crippen LogP contribution < -0.4 is 5.32 Å². The summed E-state index contributed by atoms with van der Waals surface area (Å²) in [5, 5.41) is 3.37. The zero-order chi connectivity index (χ0) is 17.9. The number of hydrogen-bond donors (Lipinski definition) is 1. The molecule has 0 amide bonds. The van der Waals surface area contributed by atoms with Gasteiger partial charge in [-0.3, -0.25) is 4.98 Å². The summed E-state index contributed by atoms with van der Waals surface area (Å²) in [6.07, 6.45) is 3.69. The molecule has 0 spiro atoms. The Labute approximate surface area is 152 Å². The second-order valence-corrected chi connectivity index (χ2v) is 6.48. The molecule has 4 rings (SSSR count). The first-order valence-corrected chi connectivity index (χ1v) is 8.71. The van der Waals surface area contributed by atoms with Crippen LogP contribution in [0.1, 0.15) is 22.5 Å². The van der Waals surface area contributed by atoms with E-state index in [9.17, 15) is 0 Å². The summed E-state index contributed by atoms with van der Waals surface area (Å²) >= 11 is 0. The Bertz CT molecular complexity index is 1030. The van der Waals surface area contributed by atoms with Gasteiger partial charge >= 0.3 is 0 Å². The number of fused-ring (bicyclic) bond motifs is 1. The molecule has 0 aliphatic rings. The van der Waals surface area contributed by atoms with Crippen molar-refractivity contribution in [1.29, 1.82) is 0 Å². The van der Waals surface area contributed by atoms with Crippen molar-refractivity contribution in [2.75, 3.05) is 5.32 Å². The van der Waals surface area contributed by atoms with Gasteiger partial charge in [0.25, 0.3) is 0 Å². The fourth-order valence-electron chi connectivity index (χ4n) is 2.99. The molecule has 0 saturated heterocycles. The standard InChI is InChI=1S/C21H21N5/c1-15-11-22-16(2)21(25-15)23-12-17-7-9-18(10-8-17)13-26-14-24-19-5-3-4-6-20(19)26/h3-11,14H,12-13H2,1-2H3,(H,23,25). The molecule has 5 nitrogen and oxygen atoms in total. The van der Waals surface area contributed by atoms with Gasteiger partial charge in [0.2, 0.25) is 0 Å². The van der Waals surface area contributed by atoms with Crippen LogP contribution in [0.25, 0.3) is 11.0 Å². The van der Waals surface area contributed by atoms with Crippen LogP contribution in [0.15, 0.2) is 61.1 Å². The van der Waals surface area contributed by atoms with Gasteiger partial charge in [0.05, 0.1) is 28.7 Å². The van der Waals surface area contributed by atoms with Crippen molar-refractivity contribution in [2.45, 2.75) is 26.9 Å². The van der Waals surface area contributed by atoms with Crippen molar-refractivity contribution < 1.29 is 0 Å². The lowest BCUT2D eigenvalue weighted by Gasteiger charge is -2.10. The molecule has 0 bridgehead atoms. The number of aryl methyl sites for hydroxylation is 2. The molecule has 0 fully saturated rings. The van der Waals surface area contributed by atoms with E-state index in [1.54, 1.807) is 6.20 Å². The first-order chi connectivity index (χ1) is 12.7. The maximum absolute atomic E-state index is 4.50. The summed E-state index contributed by atoms with van der Waals surface area (Å²) in [6, 6.07) is 16.8. The Hall–Kier alpha value is -3.21. The third kappa shape index (κ3) is 3.42. The highest BCUT2D eigenvalue weighted by Gasteiger charge is 2.04. The summed E-state index contributed by atoms with van der Waals surface area (Å²) < 4.78 is 2.17. The van der Waals surface area contributed by atoms with Crippen molar-refractivity contribution in [1.82, 2.24) is 19.5 Å². The second-order valence-electron chi connectivity index (χ2n) is 6.48. The first-order valence-electron chi connectivity index (χ1n) is 8.71. The molecule has 26 heavy (non-hydrogen) atoms. The number of nitrogens with one attached hydrogen (secondary N) is 1. The quantitative estimate of drug-likeness (QED) is 0.593. The molecular weight excluding hydrogens is 322 g/mol. The second kappa shape index (κ2) is 6.96. The Morgan fingerprint density at radius 1 is 0.923 bits per heavy atom. The molecule has 0 saturated carbocycles. The predicted octanol–water partition coefficient (Wildman–Crippen LogP) is 4.10. The topological polar surface area (TPSA) is 55.6 Å². The number of hydrogen-bond acceptors (Lipinski definition) is 4. The van der Waals surface area contributed by atoms with E-state index in [0.717, 1.165) is 41.3 Å². The predicted molar refractivity (Wildman–Crippen MR) is 104 cm³/mol. The molecule has 0 aliphatic carbocycles. The van der Waals surface area contributed by atoms with E-state index in [4.69, 9.17) is 0 Å². The summed E-state index contributed by atoms with van der Waals surface area (Å²) in [6.45, 7) is 5.46. The average molecular weight is 343 g/mol. The van der Waals surface area contributed by atoms with Crippen molar-refractivity contribution in [3.8, 4) is 0 Å². The van der Waals surface area contributed by atoms with Gasteiger partial charge in [-0.1, -0.05) is 36.4 Å². The highest BCUT2D eigenvalue weighted by molar-refractivity contribution is 5.75. The lowest BCUT2D eigenvalue weighted by molar-refractivity contribution is 0.823. The number of benzene rings is 2. The van der Waals surface area contributed by atoms with Crippen molar-refractivity contribution in [3.63, 3.8) is 0 Å². The largest absolute Gasteiger partial charge is 0.364 e. The maximum atomic E-state index is 4.50. The number of imidazole rings is 1. The Morgan fingerprint density at radius 3 is 2.54 bits per heavy atom. The molecule has 5 heteroatoms. The normalized spacial score (nSPS) is 11.0. The third-order valence-corrected chi connectivity index (χ3v) is 4.44. The van der Waals surface area contributed by atoms with Crippen LogP contribution in [0.3, 0.4) is 0 Å². The van der Waals surface area contributed by atoms with Crippen LogP contribution >= 0.6 is 0 Å². The minimum Gasteiger partial charge on any atom is -0.364 e. The molecular formula is C21H21N5. The Kier molecular flexibility index (Phi) is 4.35. The van der Waals surface area contributed by atoms with Gasteiger partial charge in [-0.05, 0) is 37.1 Å². The molecule has 0 radical (unpaired) electrons. The van der Waals surface area contributed by atoms with Gasteiger partial charge in [-0.2, -0.15) is 0 Å². The summed E-state index contributed by atoms with van der Waals surface area (Å²) in [5.41, 5.74) is 6.49. The minimum absolute atomic E-state index is 0.729. The van der Waals surface area contributed by atoms with E-state index in [2.05, 4.69) is 55.2 Å². The van der Waals surface area contributed by atoms with Gasteiger partial charge < -0.3 is 9.88 Å². The van der Waals surface area contributed by atoms with Crippen molar-refractivity contribution in [2.24, 2.45) is 0 Å².